The highest BCUT2D eigenvalue weighted by Crippen LogP contribution is 2.29. The topological polar surface area (TPSA) is 34.9 Å². The smallest absolute Gasteiger partial charge is 0.266 e. The van der Waals surface area contributed by atoms with Crippen molar-refractivity contribution in [2.45, 2.75) is 17.8 Å². The Hall–Kier alpha value is -1.98. The van der Waals surface area contributed by atoms with E-state index in [1.54, 1.807) is 22.8 Å². The first-order valence-electron chi connectivity index (χ1n) is 8.79. The summed E-state index contributed by atoms with van der Waals surface area (Å²) in [5.41, 5.74) is 3.14. The molecule has 0 fully saturated rings. The molecule has 3 aromatic carbocycles. The van der Waals surface area contributed by atoms with Crippen molar-refractivity contribution in [1.29, 1.82) is 0 Å². The molecule has 4 rings (SSSR count). The van der Waals surface area contributed by atoms with E-state index in [0.717, 1.165) is 11.1 Å². The summed E-state index contributed by atoms with van der Waals surface area (Å²) in [4.78, 5) is 18.0. The fraction of sp³-hybridized carbons (Fsp3) is 0.0909. The molecule has 0 bridgehead atoms. The van der Waals surface area contributed by atoms with Gasteiger partial charge >= 0.3 is 0 Å². The van der Waals surface area contributed by atoms with Crippen LogP contribution in [-0.4, -0.2) is 9.55 Å². The van der Waals surface area contributed by atoms with Gasteiger partial charge in [0.2, 0.25) is 0 Å². The summed E-state index contributed by atoms with van der Waals surface area (Å²) in [7, 11) is 0. The lowest BCUT2D eigenvalue weighted by molar-refractivity contribution is 0.819. The van der Waals surface area contributed by atoms with Gasteiger partial charge in [-0.25, -0.2) is 4.98 Å². The summed E-state index contributed by atoms with van der Waals surface area (Å²) < 4.78 is 1.61. The molecular formula is C22H15Cl3N2OS. The van der Waals surface area contributed by atoms with Gasteiger partial charge in [-0.15, -0.1) is 0 Å². The van der Waals surface area contributed by atoms with E-state index < -0.39 is 0 Å². The first-order chi connectivity index (χ1) is 13.9. The van der Waals surface area contributed by atoms with Crippen LogP contribution in [0.5, 0.6) is 0 Å². The van der Waals surface area contributed by atoms with E-state index in [1.807, 2.05) is 49.4 Å². The Bertz CT molecular complexity index is 1290. The summed E-state index contributed by atoms with van der Waals surface area (Å²) in [5, 5.41) is 2.75. The molecule has 0 spiro atoms. The molecule has 29 heavy (non-hydrogen) atoms. The van der Waals surface area contributed by atoms with Crippen LogP contribution in [-0.2, 0) is 5.75 Å². The molecule has 0 saturated heterocycles. The standard InChI is InChI=1S/C22H15Cl3N2OS/c1-13-6-8-15(11-18(13)24)27-21(28)16-4-2-3-5-20(16)26-22(27)29-12-14-7-9-17(23)19(25)10-14/h2-11H,12H2,1H3. The molecule has 1 heterocycles. The molecule has 0 aliphatic heterocycles. The second kappa shape index (κ2) is 8.41. The Morgan fingerprint density at radius 3 is 2.48 bits per heavy atom. The lowest BCUT2D eigenvalue weighted by Crippen LogP contribution is -2.21. The molecule has 1 aromatic heterocycles. The Kier molecular flexibility index (Phi) is 5.88. The van der Waals surface area contributed by atoms with Crippen molar-refractivity contribution in [2.24, 2.45) is 0 Å². The second-order valence-corrected chi connectivity index (χ2v) is 8.69. The predicted octanol–water partition coefficient (Wildman–Crippen LogP) is 6.95. The molecule has 0 atom stereocenters. The molecule has 0 aliphatic carbocycles. The molecular weight excluding hydrogens is 447 g/mol. The van der Waals surface area contributed by atoms with Crippen LogP contribution >= 0.6 is 46.6 Å². The van der Waals surface area contributed by atoms with Gasteiger partial charge in [0.15, 0.2) is 5.16 Å². The average Bonchev–Trinajstić information content (AvgIpc) is 2.71. The zero-order chi connectivity index (χ0) is 20.5. The highest BCUT2D eigenvalue weighted by atomic mass is 35.5. The number of rotatable bonds is 4. The molecule has 7 heteroatoms. The Labute approximate surface area is 187 Å². The summed E-state index contributed by atoms with van der Waals surface area (Å²) >= 11 is 19.9. The number of fused-ring (bicyclic) bond motifs is 1. The zero-order valence-electron chi connectivity index (χ0n) is 15.3. The monoisotopic (exact) mass is 460 g/mol. The van der Waals surface area contributed by atoms with Crippen molar-refractivity contribution in [2.75, 3.05) is 0 Å². The third-order valence-corrected chi connectivity index (χ3v) is 6.67. The maximum atomic E-state index is 13.3. The SMILES string of the molecule is Cc1ccc(-n2c(SCc3ccc(Cl)c(Cl)c3)nc3ccccc3c2=O)cc1Cl. The molecule has 0 saturated carbocycles. The number of halogens is 3. The highest BCUT2D eigenvalue weighted by molar-refractivity contribution is 7.98. The molecule has 3 nitrogen and oxygen atoms in total. The molecule has 0 radical (unpaired) electrons. The predicted molar refractivity (Wildman–Crippen MR) is 123 cm³/mol. The first kappa shape index (κ1) is 20.3. The largest absolute Gasteiger partial charge is 0.268 e. The molecule has 0 N–H and O–H groups in total. The average molecular weight is 462 g/mol. The highest BCUT2D eigenvalue weighted by Gasteiger charge is 2.14. The second-order valence-electron chi connectivity index (χ2n) is 6.52. The molecule has 0 amide bonds. The van der Waals surface area contributed by atoms with E-state index in [2.05, 4.69) is 0 Å². The minimum Gasteiger partial charge on any atom is -0.268 e. The van der Waals surface area contributed by atoms with E-state index in [0.29, 0.717) is 42.6 Å². The summed E-state index contributed by atoms with van der Waals surface area (Å²) in [6, 6.07) is 18.4. The van der Waals surface area contributed by atoms with Gasteiger partial charge in [-0.2, -0.15) is 0 Å². The van der Waals surface area contributed by atoms with Gasteiger partial charge in [-0.3, -0.25) is 9.36 Å². The summed E-state index contributed by atoms with van der Waals surface area (Å²) in [5.74, 6) is 0.585. The Morgan fingerprint density at radius 1 is 0.931 bits per heavy atom. The number of benzene rings is 3. The fourth-order valence-corrected chi connectivity index (χ4v) is 4.39. The van der Waals surface area contributed by atoms with Crippen LogP contribution in [0.4, 0.5) is 0 Å². The van der Waals surface area contributed by atoms with Crippen molar-refractivity contribution in [1.82, 2.24) is 9.55 Å². The van der Waals surface area contributed by atoms with Gasteiger partial charge in [-0.1, -0.05) is 70.8 Å². The lowest BCUT2D eigenvalue weighted by atomic mass is 10.2. The van der Waals surface area contributed by atoms with Crippen LogP contribution in [0.2, 0.25) is 15.1 Å². The molecule has 146 valence electrons. The molecule has 0 aliphatic rings. The van der Waals surface area contributed by atoms with Gasteiger partial charge in [0.25, 0.3) is 5.56 Å². The first-order valence-corrected chi connectivity index (χ1v) is 10.9. The zero-order valence-corrected chi connectivity index (χ0v) is 18.4. The number of hydrogen-bond donors (Lipinski definition) is 0. The van der Waals surface area contributed by atoms with Crippen LogP contribution in [0, 0.1) is 6.92 Å². The van der Waals surface area contributed by atoms with Crippen molar-refractivity contribution < 1.29 is 0 Å². The van der Waals surface area contributed by atoms with Crippen molar-refractivity contribution in [3.05, 3.63) is 97.2 Å². The lowest BCUT2D eigenvalue weighted by Gasteiger charge is -2.14. The van der Waals surface area contributed by atoms with E-state index in [4.69, 9.17) is 39.8 Å². The minimum atomic E-state index is -0.132. The maximum Gasteiger partial charge on any atom is 0.266 e. The normalized spacial score (nSPS) is 11.2. The van der Waals surface area contributed by atoms with Gasteiger partial charge in [0.05, 0.1) is 26.6 Å². The minimum absolute atomic E-state index is 0.132. The van der Waals surface area contributed by atoms with E-state index in [-0.39, 0.29) is 5.56 Å². The third-order valence-electron chi connectivity index (χ3n) is 4.51. The quantitative estimate of drug-likeness (QED) is 0.244. The van der Waals surface area contributed by atoms with Crippen LogP contribution in [0.3, 0.4) is 0 Å². The maximum absolute atomic E-state index is 13.3. The number of hydrogen-bond acceptors (Lipinski definition) is 3. The van der Waals surface area contributed by atoms with Gasteiger partial charge in [0, 0.05) is 10.8 Å². The number of aryl methyl sites for hydroxylation is 1. The van der Waals surface area contributed by atoms with E-state index in [1.165, 1.54) is 11.8 Å². The van der Waals surface area contributed by atoms with Crippen molar-refractivity contribution >= 4 is 57.5 Å². The van der Waals surface area contributed by atoms with E-state index >= 15 is 0 Å². The Balaban J connectivity index is 1.83. The van der Waals surface area contributed by atoms with Crippen LogP contribution < -0.4 is 5.56 Å². The summed E-state index contributed by atoms with van der Waals surface area (Å²) in [6.45, 7) is 1.92. The fourth-order valence-electron chi connectivity index (χ4n) is 2.94. The van der Waals surface area contributed by atoms with Crippen LogP contribution in [0.15, 0.2) is 70.6 Å². The number of thioether (sulfide) groups is 1. The number of aromatic nitrogens is 2. The summed E-state index contributed by atoms with van der Waals surface area (Å²) in [6.07, 6.45) is 0. The van der Waals surface area contributed by atoms with Gasteiger partial charge in [0.1, 0.15) is 0 Å². The van der Waals surface area contributed by atoms with E-state index in [9.17, 15) is 4.79 Å². The van der Waals surface area contributed by atoms with Gasteiger partial charge < -0.3 is 0 Å². The Morgan fingerprint density at radius 2 is 1.72 bits per heavy atom. The number of para-hydroxylation sites is 1. The third kappa shape index (κ3) is 4.17. The van der Waals surface area contributed by atoms with Crippen LogP contribution in [0.25, 0.3) is 16.6 Å². The van der Waals surface area contributed by atoms with Crippen molar-refractivity contribution in [3.63, 3.8) is 0 Å². The number of nitrogens with zero attached hydrogens (tertiary/aromatic N) is 2. The van der Waals surface area contributed by atoms with Gasteiger partial charge in [-0.05, 0) is 54.4 Å². The van der Waals surface area contributed by atoms with Crippen LogP contribution in [0.1, 0.15) is 11.1 Å². The molecule has 0 unspecified atom stereocenters. The molecule has 4 aromatic rings. The van der Waals surface area contributed by atoms with Crippen molar-refractivity contribution in [3.8, 4) is 5.69 Å².